The average molecular weight is 1410 g/mol. The van der Waals surface area contributed by atoms with Crippen LogP contribution >= 0.6 is 22.7 Å². The van der Waals surface area contributed by atoms with E-state index in [1.807, 2.05) is 0 Å². The summed E-state index contributed by atoms with van der Waals surface area (Å²) in [4.78, 5) is 132. The van der Waals surface area contributed by atoms with Crippen LogP contribution in [0.2, 0.25) is 0 Å². The number of hydrogen-bond donors (Lipinski definition) is 18. The highest BCUT2D eigenvalue weighted by molar-refractivity contribution is 7.95. The van der Waals surface area contributed by atoms with Crippen molar-refractivity contribution in [3.63, 3.8) is 0 Å². The zero-order valence-electron chi connectivity index (χ0n) is 53.3. The van der Waals surface area contributed by atoms with Gasteiger partial charge in [-0.1, -0.05) is 6.92 Å². The van der Waals surface area contributed by atoms with Crippen molar-refractivity contribution in [1.82, 2.24) is 51.2 Å². The number of hydrogen-bond acceptors (Lipinski definition) is 30. The van der Waals surface area contributed by atoms with Crippen LogP contribution in [0, 0.1) is 18.8 Å². The van der Waals surface area contributed by atoms with E-state index in [2.05, 4.69) is 63.7 Å². The molecule has 39 heteroatoms. The lowest BCUT2D eigenvalue weighted by molar-refractivity contribution is -0.372. The number of carbonyl (C=O) groups excluding carboxylic acids is 8. The maximum atomic E-state index is 15.2. The number of rotatable bonds is 36. The quantitative estimate of drug-likeness (QED) is 0.0149. The van der Waals surface area contributed by atoms with Gasteiger partial charge in [-0.3, -0.25) is 33.6 Å². The van der Waals surface area contributed by atoms with Crippen LogP contribution in [0.3, 0.4) is 0 Å². The van der Waals surface area contributed by atoms with E-state index in [-0.39, 0.29) is 65.5 Å². The molecular weight excluding hydrogens is 1330 g/mol. The SMILES string of the molecule is Cc1c(N)nc([C@@H](CC[C@H](N)C(N)=O)CC(N)=O)nc1C(=O)N[C@@H](C(=O)N[C@H](C)[C@@H](O)[C@H](C)C(=O)C[C@@H](C(=O)NCCc1nc(-c2ncc(C(=O)NCCC[S+](C)C)s2)cs1)[C@@H](C)O)[C@@H](OC1OC(CO)C(O)C(O)C1OC1OC(CO)C(O)C(OC(N)=O)C1O)c1cnc[nH]1. The molecule has 2 aliphatic heterocycles. The van der Waals surface area contributed by atoms with E-state index in [0.717, 1.165) is 24.7 Å². The highest BCUT2D eigenvalue weighted by Crippen LogP contribution is 2.35. The minimum absolute atomic E-state index is 0.0378. The van der Waals surface area contributed by atoms with E-state index in [0.29, 0.717) is 27.1 Å². The molecule has 532 valence electrons. The number of anilines is 1. The molecule has 0 aromatic carbocycles. The Labute approximate surface area is 560 Å². The number of aliphatic hydroxyl groups is 8. The predicted octanol–water partition coefficient (Wildman–Crippen LogP) is -5.38. The summed E-state index contributed by atoms with van der Waals surface area (Å²) in [6, 6.07) is -4.78. The van der Waals surface area contributed by atoms with Crippen LogP contribution in [-0.4, -0.2) is 254 Å². The Bertz CT molecular complexity index is 3280. The first kappa shape index (κ1) is 77.9. The van der Waals surface area contributed by atoms with Crippen LogP contribution in [0.4, 0.5) is 10.6 Å². The van der Waals surface area contributed by atoms with Crippen LogP contribution in [0.25, 0.3) is 10.7 Å². The van der Waals surface area contributed by atoms with Crippen molar-refractivity contribution in [2.75, 3.05) is 50.3 Å². The first-order valence-corrected chi connectivity index (χ1v) is 34.2. The van der Waals surface area contributed by atoms with Crippen molar-refractivity contribution in [2.24, 2.45) is 34.8 Å². The zero-order chi connectivity index (χ0) is 71.0. The molecule has 0 bridgehead atoms. The minimum Gasteiger partial charge on any atom is -0.441 e. The van der Waals surface area contributed by atoms with E-state index in [9.17, 15) is 74.4 Å². The first-order valence-electron chi connectivity index (χ1n) is 30.3. The fourth-order valence-corrected chi connectivity index (χ4v) is 12.7. The second-order valence-corrected chi connectivity index (χ2v) is 27.8. The van der Waals surface area contributed by atoms with Gasteiger partial charge < -0.3 is 119 Å². The fraction of sp³-hybridized carbons (Fsp3) is 0.632. The molecule has 6 rings (SSSR count). The van der Waals surface area contributed by atoms with Gasteiger partial charge in [-0.25, -0.2) is 29.7 Å². The van der Waals surface area contributed by atoms with Crippen LogP contribution in [0.5, 0.6) is 0 Å². The highest BCUT2D eigenvalue weighted by Gasteiger charge is 2.54. The monoisotopic (exact) mass is 1410 g/mol. The largest absolute Gasteiger partial charge is 0.441 e. The summed E-state index contributed by atoms with van der Waals surface area (Å²) in [7, 11) is 0.262. The number of ketones is 1. The van der Waals surface area contributed by atoms with Crippen LogP contribution in [0.15, 0.2) is 24.1 Å². The summed E-state index contributed by atoms with van der Waals surface area (Å²) >= 11 is 2.48. The molecule has 4 aromatic rings. The Morgan fingerprint density at radius 3 is 2.12 bits per heavy atom. The second kappa shape index (κ2) is 36.0. The molecule has 0 spiro atoms. The van der Waals surface area contributed by atoms with Gasteiger partial charge in [-0.05, 0) is 44.5 Å². The van der Waals surface area contributed by atoms with Gasteiger partial charge in [0, 0.05) is 61.6 Å². The summed E-state index contributed by atoms with van der Waals surface area (Å²) in [6.45, 7) is 3.81. The number of aromatic nitrogens is 6. The lowest BCUT2D eigenvalue weighted by Crippen LogP contribution is -2.65. The van der Waals surface area contributed by atoms with Crippen molar-refractivity contribution in [3.8, 4) is 10.7 Å². The van der Waals surface area contributed by atoms with Gasteiger partial charge in [0.05, 0.1) is 85.4 Å². The van der Waals surface area contributed by atoms with Gasteiger partial charge in [-0.15, -0.1) is 22.7 Å². The van der Waals surface area contributed by atoms with E-state index < -0.39 is 189 Å². The molecule has 19 atom stereocenters. The Hall–Kier alpha value is -7.06. The number of nitrogen functional groups attached to an aromatic ring is 1. The second-order valence-electron chi connectivity index (χ2n) is 23.4. The van der Waals surface area contributed by atoms with Crippen molar-refractivity contribution in [3.05, 3.63) is 56.8 Å². The third-order valence-corrected chi connectivity index (χ3v) is 19.0. The van der Waals surface area contributed by atoms with Crippen molar-refractivity contribution in [1.29, 1.82) is 0 Å². The maximum Gasteiger partial charge on any atom is 0.404 e. The van der Waals surface area contributed by atoms with Crippen LogP contribution < -0.4 is 49.9 Å². The Morgan fingerprint density at radius 1 is 0.812 bits per heavy atom. The molecule has 4 aromatic heterocycles. The smallest absolute Gasteiger partial charge is 0.404 e. The van der Waals surface area contributed by atoms with E-state index in [4.69, 9.17) is 52.4 Å². The number of carbonyl (C=O) groups is 8. The third kappa shape index (κ3) is 20.7. The molecule has 10 unspecified atom stereocenters. The maximum absolute atomic E-state index is 15.2. The molecule has 0 radical (unpaired) electrons. The Balaban J connectivity index is 1.26. The van der Waals surface area contributed by atoms with E-state index >= 15 is 4.79 Å². The number of imidazole rings is 1. The molecule has 96 heavy (non-hydrogen) atoms. The summed E-state index contributed by atoms with van der Waals surface area (Å²) in [5.74, 6) is -9.12. The standard InChI is InChI=1S/C57H85N15O21S3/c1-22(31(76)15-27(25(4)75)50(84)65-12-10-36-69-30(20-94-36)54-66-17-34(95-54)51(85)64-11-7-13-96(5)6)39(78)24(3)68-53(87)38(71-52(86)37-23(2)47(60)72-49(70-37)26(14-35(59)77)8-9-28(58)48(61)83)44(29-16-63-21-67-29)91-56-46(42(81)40(79)32(18-73)90-56)92-55-43(82)45(93-57(62)88)41(80)33(19-74)89-55/h16-17,20-22,24-28,32-33,38-46,55-56,73-75,78-82H,7-15,18-19,58H2,1-6H3,(H12-,59,60,61,62,63,64,65,67,68,70,71,72,77,83,84,85,86,87,88)/p+1/t22-,24-,25-,26+,27-,28+,32?,33?,38-,39+,40?,41?,42?,43?,44+,45?,46?,55?,56?/m1/s1. The number of aromatic amines is 1. The number of aliphatic hydroxyl groups excluding tert-OH is 8. The van der Waals surface area contributed by atoms with Crippen LogP contribution in [-0.2, 0) is 65.0 Å². The van der Waals surface area contributed by atoms with E-state index in [1.165, 1.54) is 56.6 Å². The van der Waals surface area contributed by atoms with Crippen molar-refractivity contribution < 1.29 is 103 Å². The minimum atomic E-state index is -2.19. The lowest BCUT2D eigenvalue weighted by atomic mass is 9.87. The molecule has 0 saturated carbocycles. The molecule has 7 amide bonds. The lowest BCUT2D eigenvalue weighted by Gasteiger charge is -2.47. The van der Waals surface area contributed by atoms with Gasteiger partial charge in [-0.2, -0.15) is 0 Å². The molecule has 36 nitrogen and oxygen atoms in total. The van der Waals surface area contributed by atoms with Crippen molar-refractivity contribution in [2.45, 2.75) is 170 Å². The normalized spacial score (nSPS) is 24.0. The zero-order valence-corrected chi connectivity index (χ0v) is 55.7. The van der Waals surface area contributed by atoms with Gasteiger partial charge in [0.15, 0.2) is 18.7 Å². The summed E-state index contributed by atoms with van der Waals surface area (Å²) in [5, 5.41) is 102. The highest BCUT2D eigenvalue weighted by atomic mass is 32.2. The van der Waals surface area contributed by atoms with Gasteiger partial charge in [0.1, 0.15) is 99.3 Å². The summed E-state index contributed by atoms with van der Waals surface area (Å²) in [6.07, 6.45) is -18.8. The van der Waals surface area contributed by atoms with Crippen LogP contribution in [0.1, 0.15) is 107 Å². The fourth-order valence-electron chi connectivity index (χ4n) is 10.3. The Morgan fingerprint density at radius 2 is 1.50 bits per heavy atom. The number of amides is 7. The first-order chi connectivity index (χ1) is 45.3. The van der Waals surface area contributed by atoms with Gasteiger partial charge in [0.25, 0.3) is 11.8 Å². The van der Waals surface area contributed by atoms with Gasteiger partial charge in [0.2, 0.25) is 23.6 Å². The van der Waals surface area contributed by atoms with Gasteiger partial charge >= 0.3 is 6.09 Å². The number of nitrogens with zero attached hydrogens (tertiary/aromatic N) is 5. The molecule has 6 heterocycles. The number of nitrogens with one attached hydrogen (secondary N) is 5. The Kier molecular flexibility index (Phi) is 29.2. The summed E-state index contributed by atoms with van der Waals surface area (Å²) < 4.78 is 28.8. The average Bonchev–Trinajstić information content (AvgIpc) is 0.942. The third-order valence-electron chi connectivity index (χ3n) is 16.0. The number of Topliss-reactive ketones (excluding diaryl/α,β-unsaturated/α-hetero) is 1. The molecule has 0 aliphatic carbocycles. The molecule has 2 fully saturated rings. The van der Waals surface area contributed by atoms with E-state index in [1.54, 1.807) is 5.38 Å². The topological polar surface area (TPSA) is 603 Å². The number of thiazole rings is 2. The van der Waals surface area contributed by atoms with Crippen molar-refractivity contribution >= 4 is 86.7 Å². The number of primary amides is 3. The summed E-state index contributed by atoms with van der Waals surface area (Å²) in [5.41, 5.74) is 28.1. The number of ether oxygens (including phenoxy) is 5. The molecule has 23 N–H and O–H groups in total. The number of nitrogens with two attached hydrogens (primary N) is 5. The molecule has 2 aliphatic rings. The molecular formula is C57H86N15O21S3+. The molecule has 2 saturated heterocycles. The number of H-pyrrole nitrogens is 1. The predicted molar refractivity (Wildman–Crippen MR) is 341 cm³/mol.